The Balaban J connectivity index is 2.23. The molecule has 2 heteroatoms. The van der Waals surface area contributed by atoms with Crippen molar-refractivity contribution in [3.05, 3.63) is 11.6 Å². The van der Waals surface area contributed by atoms with Crippen LogP contribution >= 0.6 is 0 Å². The van der Waals surface area contributed by atoms with Gasteiger partial charge in [0.25, 0.3) is 0 Å². The molecule has 3 aliphatic rings. The number of carbonyl (C=O) groups is 1. The zero-order chi connectivity index (χ0) is 10.1. The lowest BCUT2D eigenvalue weighted by atomic mass is 9.66. The molecule has 0 unspecified atom stereocenters. The van der Waals surface area contributed by atoms with Gasteiger partial charge in [0, 0.05) is 5.92 Å². The average molecular weight is 192 g/mol. The topological polar surface area (TPSA) is 26.3 Å². The van der Waals surface area contributed by atoms with Gasteiger partial charge in [-0.1, -0.05) is 6.08 Å². The molecule has 0 spiro atoms. The largest absolute Gasteiger partial charge is 0.373 e. The van der Waals surface area contributed by atoms with Gasteiger partial charge in [-0.05, 0) is 38.7 Å². The predicted octanol–water partition coefficient (Wildman–Crippen LogP) is 1.95. The minimum Gasteiger partial charge on any atom is -0.373 e. The van der Waals surface area contributed by atoms with Gasteiger partial charge in [0.2, 0.25) is 0 Å². The first-order valence-corrected chi connectivity index (χ1v) is 5.36. The van der Waals surface area contributed by atoms with Crippen LogP contribution in [0.4, 0.5) is 0 Å². The fourth-order valence-electron chi connectivity index (χ4n) is 3.76. The van der Waals surface area contributed by atoms with Gasteiger partial charge in [-0.15, -0.1) is 0 Å². The highest BCUT2D eigenvalue weighted by molar-refractivity contribution is 6.02. The molecule has 1 heterocycles. The van der Waals surface area contributed by atoms with Crippen LogP contribution in [-0.2, 0) is 9.53 Å². The van der Waals surface area contributed by atoms with Crippen LogP contribution in [0.2, 0.25) is 0 Å². The molecular weight excluding hydrogens is 176 g/mol. The van der Waals surface area contributed by atoms with E-state index in [2.05, 4.69) is 19.9 Å². The van der Waals surface area contributed by atoms with E-state index in [0.29, 0.717) is 17.6 Å². The summed E-state index contributed by atoms with van der Waals surface area (Å²) in [6.45, 7) is 6.98. The summed E-state index contributed by atoms with van der Waals surface area (Å²) in [6, 6.07) is 0. The maximum Gasteiger partial charge on any atom is 0.167 e. The molecule has 4 atom stereocenters. The van der Waals surface area contributed by atoms with Crippen molar-refractivity contribution in [2.45, 2.75) is 32.8 Å². The molecule has 1 saturated heterocycles. The van der Waals surface area contributed by atoms with E-state index in [1.807, 2.05) is 6.92 Å². The molecule has 2 aliphatic carbocycles. The minimum absolute atomic E-state index is 0.214. The van der Waals surface area contributed by atoms with Crippen LogP contribution in [0.25, 0.3) is 0 Å². The summed E-state index contributed by atoms with van der Waals surface area (Å²) in [5, 5.41) is 0. The van der Waals surface area contributed by atoms with Crippen molar-refractivity contribution in [2.75, 3.05) is 6.61 Å². The molecule has 0 aromatic rings. The van der Waals surface area contributed by atoms with E-state index < -0.39 is 0 Å². The van der Waals surface area contributed by atoms with Crippen LogP contribution in [0.15, 0.2) is 11.6 Å². The maximum absolute atomic E-state index is 12.2. The van der Waals surface area contributed by atoms with E-state index in [4.69, 9.17) is 4.74 Å². The SMILES string of the molecule is CC1=C[C@H]2[C@@H]3CO[C@@]2(C)[C@@](C)(C3)C1=O. The zero-order valence-corrected chi connectivity index (χ0v) is 8.96. The standard InChI is InChI=1S/C12H16O2/c1-7-4-9-8-5-11(2,10(7)13)12(9,3)14-6-8/h4,8-9H,5-6H2,1-3H3/t8-,9-,11-,12+/m0/s1. The highest BCUT2D eigenvalue weighted by atomic mass is 16.5. The van der Waals surface area contributed by atoms with Gasteiger partial charge in [0.15, 0.2) is 5.78 Å². The molecule has 0 N–H and O–H groups in total. The van der Waals surface area contributed by atoms with Crippen LogP contribution in [0.1, 0.15) is 27.2 Å². The molecule has 4 bridgehead atoms. The molecule has 2 fully saturated rings. The van der Waals surface area contributed by atoms with Gasteiger partial charge < -0.3 is 4.74 Å². The van der Waals surface area contributed by atoms with Crippen LogP contribution in [0.3, 0.4) is 0 Å². The van der Waals surface area contributed by atoms with Crippen molar-refractivity contribution < 1.29 is 9.53 Å². The monoisotopic (exact) mass is 192 g/mol. The lowest BCUT2D eigenvalue weighted by Gasteiger charge is -2.44. The molecule has 1 saturated carbocycles. The Bertz CT molecular complexity index is 357. The molecule has 0 amide bonds. The summed E-state index contributed by atoms with van der Waals surface area (Å²) in [4.78, 5) is 12.2. The summed E-state index contributed by atoms with van der Waals surface area (Å²) in [7, 11) is 0. The number of rotatable bonds is 0. The first kappa shape index (κ1) is 8.66. The molecule has 0 aromatic heterocycles. The lowest BCUT2D eigenvalue weighted by molar-refractivity contribution is -0.149. The molecule has 76 valence electrons. The lowest BCUT2D eigenvalue weighted by Crippen LogP contribution is -2.52. The van der Waals surface area contributed by atoms with Gasteiger partial charge in [-0.3, -0.25) is 4.79 Å². The zero-order valence-electron chi connectivity index (χ0n) is 8.96. The van der Waals surface area contributed by atoms with Crippen molar-refractivity contribution in [1.29, 1.82) is 0 Å². The number of hydrogen-bond acceptors (Lipinski definition) is 2. The summed E-state index contributed by atoms with van der Waals surface area (Å²) in [5.74, 6) is 1.36. The van der Waals surface area contributed by atoms with Crippen molar-refractivity contribution >= 4 is 5.78 Å². The Morgan fingerprint density at radius 2 is 2.21 bits per heavy atom. The van der Waals surface area contributed by atoms with Crippen molar-refractivity contribution in [3.63, 3.8) is 0 Å². The fraction of sp³-hybridized carbons (Fsp3) is 0.750. The van der Waals surface area contributed by atoms with Crippen LogP contribution in [0.5, 0.6) is 0 Å². The number of ether oxygens (including phenoxy) is 1. The number of allylic oxidation sites excluding steroid dienone is 1. The van der Waals surface area contributed by atoms with Crippen molar-refractivity contribution in [1.82, 2.24) is 0 Å². The summed E-state index contributed by atoms with van der Waals surface area (Å²) in [6.07, 6.45) is 3.16. The second kappa shape index (κ2) is 2.13. The number of carbonyl (C=O) groups excluding carboxylic acids is 1. The third-order valence-corrected chi connectivity index (χ3v) is 4.80. The number of hydrogen-bond donors (Lipinski definition) is 0. The highest BCUT2D eigenvalue weighted by Crippen LogP contribution is 2.63. The average Bonchev–Trinajstić information content (AvgIpc) is 2.50. The molecule has 2 nitrogen and oxygen atoms in total. The van der Waals surface area contributed by atoms with E-state index in [0.717, 1.165) is 18.6 Å². The predicted molar refractivity (Wildman–Crippen MR) is 52.8 cm³/mol. The molecule has 14 heavy (non-hydrogen) atoms. The molecule has 0 aromatic carbocycles. The molecule has 3 rings (SSSR count). The Kier molecular flexibility index (Phi) is 1.32. The summed E-state index contributed by atoms with van der Waals surface area (Å²) < 4.78 is 5.86. The maximum atomic E-state index is 12.2. The van der Waals surface area contributed by atoms with Crippen molar-refractivity contribution in [3.8, 4) is 0 Å². The second-order valence-electron chi connectivity index (χ2n) is 5.42. The van der Waals surface area contributed by atoms with E-state index in [9.17, 15) is 4.79 Å². The normalized spacial score (nSPS) is 55.1. The van der Waals surface area contributed by atoms with E-state index >= 15 is 0 Å². The van der Waals surface area contributed by atoms with Gasteiger partial charge in [0.1, 0.15) is 0 Å². The third kappa shape index (κ3) is 0.650. The Morgan fingerprint density at radius 1 is 1.50 bits per heavy atom. The summed E-state index contributed by atoms with van der Waals surface area (Å²) >= 11 is 0. The van der Waals surface area contributed by atoms with Gasteiger partial charge >= 0.3 is 0 Å². The molecule has 0 radical (unpaired) electrons. The quantitative estimate of drug-likeness (QED) is 0.586. The van der Waals surface area contributed by atoms with Crippen LogP contribution < -0.4 is 0 Å². The van der Waals surface area contributed by atoms with E-state index in [1.54, 1.807) is 0 Å². The smallest absolute Gasteiger partial charge is 0.167 e. The highest BCUT2D eigenvalue weighted by Gasteiger charge is 2.68. The first-order valence-electron chi connectivity index (χ1n) is 5.36. The van der Waals surface area contributed by atoms with E-state index in [1.165, 1.54) is 0 Å². The molecular formula is C12H16O2. The molecule has 1 aliphatic heterocycles. The Hall–Kier alpha value is -0.630. The van der Waals surface area contributed by atoms with Gasteiger partial charge in [-0.25, -0.2) is 0 Å². The van der Waals surface area contributed by atoms with Crippen LogP contribution in [-0.4, -0.2) is 18.0 Å². The third-order valence-electron chi connectivity index (χ3n) is 4.80. The number of ketones is 1. The minimum atomic E-state index is -0.251. The first-order chi connectivity index (χ1) is 6.49. The van der Waals surface area contributed by atoms with Crippen LogP contribution in [0, 0.1) is 17.3 Å². The van der Waals surface area contributed by atoms with Gasteiger partial charge in [-0.2, -0.15) is 0 Å². The van der Waals surface area contributed by atoms with Gasteiger partial charge in [0.05, 0.1) is 17.6 Å². The number of Topliss-reactive ketones (excluding diaryl/α,β-unsaturated/α-hetero) is 1. The van der Waals surface area contributed by atoms with Crippen molar-refractivity contribution in [2.24, 2.45) is 17.3 Å². The van der Waals surface area contributed by atoms with E-state index in [-0.39, 0.29) is 11.0 Å². The second-order valence-corrected chi connectivity index (χ2v) is 5.42. The fourth-order valence-corrected chi connectivity index (χ4v) is 3.76. The Labute approximate surface area is 84.3 Å². The summed E-state index contributed by atoms with van der Waals surface area (Å²) in [5.41, 5.74) is 0.483. The Morgan fingerprint density at radius 3 is 2.93 bits per heavy atom.